The highest BCUT2D eigenvalue weighted by atomic mass is 32.2. The van der Waals surface area contributed by atoms with E-state index in [2.05, 4.69) is 10.6 Å². The third-order valence-electron chi connectivity index (χ3n) is 1.55. The molecule has 0 spiro atoms. The lowest BCUT2D eigenvalue weighted by molar-refractivity contribution is -0.124. The molecule has 0 aliphatic heterocycles. The molecule has 82 valence electrons. The van der Waals surface area contributed by atoms with E-state index in [4.69, 9.17) is 0 Å². The molecule has 0 aliphatic rings. The fourth-order valence-electron chi connectivity index (χ4n) is 0.774. The molecule has 4 nitrogen and oxygen atoms in total. The van der Waals surface area contributed by atoms with Gasteiger partial charge in [0.2, 0.25) is 11.8 Å². The number of rotatable bonds is 6. The van der Waals surface area contributed by atoms with E-state index in [9.17, 15) is 9.59 Å². The van der Waals surface area contributed by atoms with E-state index in [1.807, 2.05) is 20.1 Å². The van der Waals surface area contributed by atoms with Crippen LogP contribution in [0.2, 0.25) is 0 Å². The maximum atomic E-state index is 11.1. The fourth-order valence-corrected chi connectivity index (χ4v) is 1.14. The number of carbonyl (C=O) groups is 2. The molecule has 0 aromatic carbocycles. The van der Waals surface area contributed by atoms with Crippen molar-refractivity contribution >= 4 is 23.6 Å². The third kappa shape index (κ3) is 6.77. The van der Waals surface area contributed by atoms with Crippen molar-refractivity contribution in [2.45, 2.75) is 13.8 Å². The van der Waals surface area contributed by atoms with Crippen molar-refractivity contribution < 1.29 is 9.59 Å². The van der Waals surface area contributed by atoms with Gasteiger partial charge >= 0.3 is 0 Å². The summed E-state index contributed by atoms with van der Waals surface area (Å²) in [5, 5.41) is 5.42. The first-order valence-electron chi connectivity index (χ1n) is 4.61. The van der Waals surface area contributed by atoms with Crippen LogP contribution in [0, 0.1) is 5.92 Å². The molecule has 0 aromatic heterocycles. The van der Waals surface area contributed by atoms with Gasteiger partial charge in [0, 0.05) is 19.0 Å². The topological polar surface area (TPSA) is 58.2 Å². The number of amides is 2. The Morgan fingerprint density at radius 2 is 1.79 bits per heavy atom. The third-order valence-corrected chi connectivity index (χ3v) is 2.10. The molecule has 0 aliphatic carbocycles. The molecule has 5 heteroatoms. The summed E-state index contributed by atoms with van der Waals surface area (Å²) in [5.74, 6) is 0.496. The Morgan fingerprint density at radius 1 is 1.21 bits per heavy atom. The van der Waals surface area contributed by atoms with Gasteiger partial charge in [0.25, 0.3) is 0 Å². The van der Waals surface area contributed by atoms with E-state index in [0.717, 1.165) is 0 Å². The SMILES string of the molecule is CSCC(=O)NCCNC(=O)C(C)C. The van der Waals surface area contributed by atoms with Crippen LogP contribution in [0.3, 0.4) is 0 Å². The molecule has 0 atom stereocenters. The van der Waals surface area contributed by atoms with Crippen LogP contribution in [0.25, 0.3) is 0 Å². The van der Waals surface area contributed by atoms with Crippen LogP contribution in [0.1, 0.15) is 13.8 Å². The summed E-state index contributed by atoms with van der Waals surface area (Å²) in [4.78, 5) is 22.1. The van der Waals surface area contributed by atoms with Crippen molar-refractivity contribution in [2.75, 3.05) is 25.1 Å². The standard InChI is InChI=1S/C9H18N2O2S/c1-7(2)9(13)11-5-4-10-8(12)6-14-3/h7H,4-6H2,1-3H3,(H,10,12)(H,11,13). The zero-order valence-electron chi connectivity index (χ0n) is 8.92. The van der Waals surface area contributed by atoms with E-state index < -0.39 is 0 Å². The second-order valence-electron chi connectivity index (χ2n) is 3.23. The molecular formula is C9H18N2O2S. The van der Waals surface area contributed by atoms with Crippen LogP contribution in [0.4, 0.5) is 0 Å². The highest BCUT2D eigenvalue weighted by molar-refractivity contribution is 7.99. The monoisotopic (exact) mass is 218 g/mol. The number of nitrogens with one attached hydrogen (secondary N) is 2. The molecule has 0 fully saturated rings. The molecule has 14 heavy (non-hydrogen) atoms. The minimum atomic E-state index is -0.00287. The first-order chi connectivity index (χ1) is 6.57. The number of carbonyl (C=O) groups excluding carboxylic acids is 2. The molecule has 0 heterocycles. The van der Waals surface area contributed by atoms with Gasteiger partial charge in [-0.2, -0.15) is 11.8 Å². The lowest BCUT2D eigenvalue weighted by atomic mass is 10.2. The fraction of sp³-hybridized carbons (Fsp3) is 0.778. The molecule has 2 N–H and O–H groups in total. The van der Waals surface area contributed by atoms with Crippen LogP contribution in [-0.4, -0.2) is 36.9 Å². The highest BCUT2D eigenvalue weighted by Crippen LogP contribution is 1.90. The summed E-state index contributed by atoms with van der Waals surface area (Å²) in [6.07, 6.45) is 1.88. The van der Waals surface area contributed by atoms with Gasteiger partial charge in [0.15, 0.2) is 0 Å². The molecule has 0 saturated heterocycles. The average Bonchev–Trinajstić information content (AvgIpc) is 2.12. The molecule has 0 aromatic rings. The van der Waals surface area contributed by atoms with Crippen molar-refractivity contribution in [3.05, 3.63) is 0 Å². The van der Waals surface area contributed by atoms with Gasteiger partial charge in [-0.3, -0.25) is 9.59 Å². The number of hydrogen-bond acceptors (Lipinski definition) is 3. The molecule has 0 saturated carbocycles. The molecule has 2 amide bonds. The molecule has 0 bridgehead atoms. The maximum absolute atomic E-state index is 11.1. The predicted octanol–water partition coefficient (Wildman–Crippen LogP) is 0.238. The lowest BCUT2D eigenvalue weighted by Crippen LogP contribution is -2.36. The van der Waals surface area contributed by atoms with E-state index in [1.54, 1.807) is 0 Å². The first kappa shape index (κ1) is 13.3. The molecular weight excluding hydrogens is 200 g/mol. The lowest BCUT2D eigenvalue weighted by Gasteiger charge is -2.08. The molecule has 0 rings (SSSR count). The van der Waals surface area contributed by atoms with Gasteiger partial charge in [-0.25, -0.2) is 0 Å². The predicted molar refractivity (Wildman–Crippen MR) is 59.2 cm³/mol. The Kier molecular flexibility index (Phi) is 7.28. The molecule has 0 radical (unpaired) electrons. The summed E-state index contributed by atoms with van der Waals surface area (Å²) in [6.45, 7) is 4.66. The van der Waals surface area contributed by atoms with Crippen molar-refractivity contribution in [1.82, 2.24) is 10.6 Å². The van der Waals surface area contributed by atoms with Gasteiger partial charge in [-0.05, 0) is 6.26 Å². The summed E-state index contributed by atoms with van der Waals surface area (Å²) in [7, 11) is 0. The van der Waals surface area contributed by atoms with Gasteiger partial charge < -0.3 is 10.6 Å². The largest absolute Gasteiger partial charge is 0.354 e. The number of hydrogen-bond donors (Lipinski definition) is 2. The summed E-state index contributed by atoms with van der Waals surface area (Å²) < 4.78 is 0. The Morgan fingerprint density at radius 3 is 2.29 bits per heavy atom. The van der Waals surface area contributed by atoms with E-state index >= 15 is 0 Å². The zero-order chi connectivity index (χ0) is 11.0. The van der Waals surface area contributed by atoms with Gasteiger partial charge in [0.1, 0.15) is 0 Å². The summed E-state index contributed by atoms with van der Waals surface area (Å²) in [5.41, 5.74) is 0. The Hall–Kier alpha value is -0.710. The minimum absolute atomic E-state index is 0.00287. The van der Waals surface area contributed by atoms with Gasteiger partial charge in [-0.15, -0.1) is 0 Å². The van der Waals surface area contributed by atoms with Crippen LogP contribution >= 0.6 is 11.8 Å². The quantitative estimate of drug-likeness (QED) is 0.628. The van der Waals surface area contributed by atoms with Crippen molar-refractivity contribution in [2.24, 2.45) is 5.92 Å². The summed E-state index contributed by atoms with van der Waals surface area (Å²) in [6, 6.07) is 0. The van der Waals surface area contributed by atoms with Crippen LogP contribution in [0.15, 0.2) is 0 Å². The van der Waals surface area contributed by atoms with Gasteiger partial charge in [0.05, 0.1) is 5.75 Å². The van der Waals surface area contributed by atoms with Crippen molar-refractivity contribution in [3.8, 4) is 0 Å². The van der Waals surface area contributed by atoms with Gasteiger partial charge in [-0.1, -0.05) is 13.8 Å². The average molecular weight is 218 g/mol. The second-order valence-corrected chi connectivity index (χ2v) is 4.09. The Labute approximate surface area is 89.2 Å². The Bertz CT molecular complexity index is 195. The molecule has 0 unspecified atom stereocenters. The smallest absolute Gasteiger partial charge is 0.230 e. The van der Waals surface area contributed by atoms with Crippen molar-refractivity contribution in [1.29, 1.82) is 0 Å². The van der Waals surface area contributed by atoms with Crippen LogP contribution in [-0.2, 0) is 9.59 Å². The van der Waals surface area contributed by atoms with E-state index in [-0.39, 0.29) is 17.7 Å². The first-order valence-corrected chi connectivity index (χ1v) is 6.00. The number of thioether (sulfide) groups is 1. The zero-order valence-corrected chi connectivity index (χ0v) is 9.74. The van der Waals surface area contributed by atoms with E-state index in [1.165, 1.54) is 11.8 Å². The van der Waals surface area contributed by atoms with Crippen LogP contribution < -0.4 is 10.6 Å². The maximum Gasteiger partial charge on any atom is 0.230 e. The van der Waals surface area contributed by atoms with E-state index in [0.29, 0.717) is 18.8 Å². The van der Waals surface area contributed by atoms with Crippen LogP contribution in [0.5, 0.6) is 0 Å². The minimum Gasteiger partial charge on any atom is -0.354 e. The Balaban J connectivity index is 3.38. The normalized spacial score (nSPS) is 10.0. The second kappa shape index (κ2) is 7.67. The summed E-state index contributed by atoms with van der Waals surface area (Å²) >= 11 is 1.48. The highest BCUT2D eigenvalue weighted by Gasteiger charge is 2.05. The van der Waals surface area contributed by atoms with Crippen molar-refractivity contribution in [3.63, 3.8) is 0 Å².